The molecule has 0 radical (unpaired) electrons. The molecule has 0 aliphatic heterocycles. The maximum atomic E-state index is 11.8. The van der Waals surface area contributed by atoms with Gasteiger partial charge in [0.1, 0.15) is 13.1 Å². The van der Waals surface area contributed by atoms with E-state index in [4.69, 9.17) is 10.8 Å². The van der Waals surface area contributed by atoms with Crippen LogP contribution in [0.1, 0.15) is 32.1 Å². The van der Waals surface area contributed by atoms with Crippen molar-refractivity contribution >= 4 is 17.9 Å². The minimum absolute atomic E-state index is 0.386. The Kier molecular flexibility index (Phi) is 6.11. The Labute approximate surface area is 112 Å². The summed E-state index contributed by atoms with van der Waals surface area (Å²) in [5.41, 5.74) is 4.99. The molecule has 0 aromatic heterocycles. The average Bonchev–Trinajstić information content (AvgIpc) is 2.35. The second kappa shape index (κ2) is 7.60. The van der Waals surface area contributed by atoms with Crippen molar-refractivity contribution in [3.05, 3.63) is 0 Å². The fourth-order valence-electron chi connectivity index (χ4n) is 2.29. The van der Waals surface area contributed by atoms with Crippen LogP contribution in [0.5, 0.6) is 0 Å². The van der Waals surface area contributed by atoms with Gasteiger partial charge in [-0.1, -0.05) is 19.3 Å². The van der Waals surface area contributed by atoms with Crippen LogP contribution in [0.25, 0.3) is 0 Å². The van der Waals surface area contributed by atoms with Crippen LogP contribution >= 0.6 is 0 Å². The zero-order valence-electron chi connectivity index (χ0n) is 10.9. The van der Waals surface area contributed by atoms with Gasteiger partial charge in [0, 0.05) is 6.54 Å². The first-order valence-electron chi connectivity index (χ1n) is 6.52. The number of hydrogen-bond donors (Lipinski definition) is 3. The molecule has 0 aromatic rings. The van der Waals surface area contributed by atoms with E-state index in [-0.39, 0.29) is 6.54 Å². The second-order valence-corrected chi connectivity index (χ2v) is 4.91. The smallest absolute Gasteiger partial charge is 0.323 e. The van der Waals surface area contributed by atoms with Gasteiger partial charge in [-0.25, -0.2) is 4.79 Å². The van der Waals surface area contributed by atoms with E-state index < -0.39 is 24.5 Å². The Hall–Kier alpha value is -1.79. The maximum absolute atomic E-state index is 11.8. The summed E-state index contributed by atoms with van der Waals surface area (Å²) < 4.78 is 0. The quantitative estimate of drug-likeness (QED) is 0.638. The summed E-state index contributed by atoms with van der Waals surface area (Å²) in [5.74, 6) is -1.46. The van der Waals surface area contributed by atoms with Crippen LogP contribution in [0, 0.1) is 5.92 Å². The predicted octanol–water partition coefficient (Wildman–Crippen LogP) is 0.148. The van der Waals surface area contributed by atoms with Gasteiger partial charge in [0.15, 0.2) is 0 Å². The normalized spacial score (nSPS) is 15.8. The van der Waals surface area contributed by atoms with Gasteiger partial charge < -0.3 is 21.1 Å². The van der Waals surface area contributed by atoms with Gasteiger partial charge in [-0.2, -0.15) is 0 Å². The minimum Gasteiger partial charge on any atom is -0.480 e. The van der Waals surface area contributed by atoms with E-state index in [1.54, 1.807) is 0 Å². The summed E-state index contributed by atoms with van der Waals surface area (Å²) in [7, 11) is 0. The van der Waals surface area contributed by atoms with Gasteiger partial charge in [0.25, 0.3) is 0 Å². The van der Waals surface area contributed by atoms with Gasteiger partial charge in [-0.3, -0.25) is 9.59 Å². The molecule has 19 heavy (non-hydrogen) atoms. The van der Waals surface area contributed by atoms with Crippen LogP contribution in [0.4, 0.5) is 4.79 Å². The molecule has 1 saturated carbocycles. The number of primary amides is 1. The lowest BCUT2D eigenvalue weighted by Crippen LogP contribution is -2.47. The van der Waals surface area contributed by atoms with Crippen molar-refractivity contribution in [2.45, 2.75) is 32.1 Å². The van der Waals surface area contributed by atoms with Gasteiger partial charge in [0.2, 0.25) is 5.91 Å². The van der Waals surface area contributed by atoms with E-state index in [9.17, 15) is 14.4 Å². The van der Waals surface area contributed by atoms with Crippen LogP contribution in [0.2, 0.25) is 0 Å². The molecule has 1 fully saturated rings. The number of amides is 3. The van der Waals surface area contributed by atoms with E-state index in [2.05, 4.69) is 5.32 Å². The third kappa shape index (κ3) is 6.08. The maximum Gasteiger partial charge on any atom is 0.323 e. The number of nitrogens with two attached hydrogens (primary N) is 1. The third-order valence-corrected chi connectivity index (χ3v) is 3.23. The van der Waals surface area contributed by atoms with E-state index in [0.717, 1.165) is 17.7 Å². The summed E-state index contributed by atoms with van der Waals surface area (Å²) in [5, 5.41) is 11.4. The first-order chi connectivity index (χ1) is 8.99. The Bertz CT molecular complexity index is 324. The number of carbonyl (C=O) groups excluding carboxylic acids is 2. The van der Waals surface area contributed by atoms with Crippen molar-refractivity contribution in [1.29, 1.82) is 0 Å². The molecule has 4 N–H and O–H groups in total. The van der Waals surface area contributed by atoms with Crippen molar-refractivity contribution in [1.82, 2.24) is 10.2 Å². The van der Waals surface area contributed by atoms with Crippen molar-refractivity contribution in [2.24, 2.45) is 11.7 Å². The molecule has 1 aliphatic carbocycles. The number of aliphatic carboxylic acids is 1. The molecule has 3 amide bonds. The molecular formula is C12H21N3O4. The number of carbonyl (C=O) groups is 3. The van der Waals surface area contributed by atoms with Crippen molar-refractivity contribution in [3.8, 4) is 0 Å². The lowest BCUT2D eigenvalue weighted by molar-refractivity contribution is -0.137. The fraction of sp³-hybridized carbons (Fsp3) is 0.750. The van der Waals surface area contributed by atoms with E-state index in [1.165, 1.54) is 19.3 Å². The van der Waals surface area contributed by atoms with Gasteiger partial charge in [-0.15, -0.1) is 0 Å². The van der Waals surface area contributed by atoms with Crippen LogP contribution in [0.3, 0.4) is 0 Å². The molecule has 0 saturated heterocycles. The zero-order valence-corrected chi connectivity index (χ0v) is 10.9. The Morgan fingerprint density at radius 1 is 1.16 bits per heavy atom. The molecule has 0 atom stereocenters. The van der Waals surface area contributed by atoms with Gasteiger partial charge >= 0.3 is 12.0 Å². The summed E-state index contributed by atoms with van der Waals surface area (Å²) in [6, 6.07) is -0.549. The Morgan fingerprint density at radius 3 is 2.32 bits per heavy atom. The number of hydrogen-bond acceptors (Lipinski definition) is 3. The molecule has 0 aromatic carbocycles. The molecule has 0 bridgehead atoms. The number of nitrogens with zero attached hydrogens (tertiary/aromatic N) is 1. The molecule has 0 spiro atoms. The van der Waals surface area contributed by atoms with Crippen molar-refractivity contribution in [2.75, 3.05) is 19.6 Å². The predicted molar refractivity (Wildman–Crippen MR) is 68.4 cm³/mol. The topological polar surface area (TPSA) is 113 Å². The highest BCUT2D eigenvalue weighted by Gasteiger charge is 2.20. The lowest BCUT2D eigenvalue weighted by Gasteiger charge is -2.24. The molecule has 0 unspecified atom stereocenters. The van der Waals surface area contributed by atoms with Crippen LogP contribution in [-0.4, -0.2) is 47.5 Å². The lowest BCUT2D eigenvalue weighted by atomic mass is 9.89. The largest absolute Gasteiger partial charge is 0.480 e. The monoisotopic (exact) mass is 271 g/mol. The molecule has 7 heteroatoms. The van der Waals surface area contributed by atoms with E-state index in [0.29, 0.717) is 12.5 Å². The molecule has 108 valence electrons. The highest BCUT2D eigenvalue weighted by atomic mass is 16.4. The molecular weight excluding hydrogens is 250 g/mol. The number of carboxylic acid groups (broad SMARTS) is 1. The first-order valence-corrected chi connectivity index (χ1v) is 6.52. The highest BCUT2D eigenvalue weighted by molar-refractivity contribution is 5.85. The second-order valence-electron chi connectivity index (χ2n) is 4.91. The third-order valence-electron chi connectivity index (χ3n) is 3.23. The zero-order chi connectivity index (χ0) is 14.3. The summed E-state index contributed by atoms with van der Waals surface area (Å²) in [6.45, 7) is -0.393. The number of rotatable bonds is 6. The first kappa shape index (κ1) is 15.3. The highest BCUT2D eigenvalue weighted by Crippen LogP contribution is 2.22. The van der Waals surface area contributed by atoms with Crippen molar-refractivity contribution in [3.63, 3.8) is 0 Å². The van der Waals surface area contributed by atoms with Gasteiger partial charge in [-0.05, 0) is 18.8 Å². The van der Waals surface area contributed by atoms with Crippen molar-refractivity contribution < 1.29 is 19.5 Å². The molecule has 7 nitrogen and oxygen atoms in total. The summed E-state index contributed by atoms with van der Waals surface area (Å²) in [4.78, 5) is 34.1. The Balaban J connectivity index is 2.41. The SMILES string of the molecule is NC(=O)CN(CC(=O)O)C(=O)NCC1CCCCC1. The molecule has 0 heterocycles. The van der Waals surface area contributed by atoms with Crippen LogP contribution in [-0.2, 0) is 9.59 Å². The minimum atomic E-state index is -1.17. The van der Waals surface area contributed by atoms with Crippen LogP contribution in [0.15, 0.2) is 0 Å². The fourth-order valence-corrected chi connectivity index (χ4v) is 2.29. The number of nitrogens with one attached hydrogen (secondary N) is 1. The number of carboxylic acids is 1. The standard InChI is InChI=1S/C12H21N3O4/c13-10(16)7-15(8-11(17)18)12(19)14-6-9-4-2-1-3-5-9/h9H,1-8H2,(H2,13,16)(H,14,19)(H,17,18). The van der Waals surface area contributed by atoms with Crippen LogP contribution < -0.4 is 11.1 Å². The van der Waals surface area contributed by atoms with E-state index >= 15 is 0 Å². The Morgan fingerprint density at radius 2 is 1.79 bits per heavy atom. The number of urea groups is 1. The molecule has 1 aliphatic rings. The average molecular weight is 271 g/mol. The molecule has 1 rings (SSSR count). The van der Waals surface area contributed by atoms with E-state index in [1.807, 2.05) is 0 Å². The summed E-state index contributed by atoms with van der Waals surface area (Å²) >= 11 is 0. The summed E-state index contributed by atoms with van der Waals surface area (Å²) in [6.07, 6.45) is 5.72. The van der Waals surface area contributed by atoms with Gasteiger partial charge in [0.05, 0.1) is 0 Å².